The van der Waals surface area contributed by atoms with Crippen molar-refractivity contribution in [1.29, 1.82) is 0 Å². The largest absolute Gasteiger partial charge is 0.437 e. The quantitative estimate of drug-likeness (QED) is 0.546. The van der Waals surface area contributed by atoms with Crippen LogP contribution in [0.25, 0.3) is 0 Å². The van der Waals surface area contributed by atoms with Crippen molar-refractivity contribution in [3.8, 4) is 11.6 Å². The molecule has 0 radical (unpaired) electrons. The normalized spacial score (nSPS) is 11.7. The van der Waals surface area contributed by atoms with Crippen LogP contribution in [0.15, 0.2) is 70.8 Å². The fraction of sp³-hybridized carbons (Fsp3) is 0.190. The molecule has 0 aliphatic rings. The summed E-state index contributed by atoms with van der Waals surface area (Å²) in [5, 5.41) is 4.26. The van der Waals surface area contributed by atoms with E-state index in [2.05, 4.69) is 15.3 Å². The molecule has 0 saturated carbocycles. The molecule has 0 spiro atoms. The molecule has 0 aliphatic carbocycles. The standard InChI is InChI=1S/C21H20ClN3O2S/c1-3-14(2)25-19(26)15-4-8-17(9-5-15)27-20-21(24-13-12-23-20)28-18-10-6-16(22)7-11-18/h4-14H,3H2,1-2H3,(H,25,26). The van der Waals surface area contributed by atoms with Crippen LogP contribution in [0.5, 0.6) is 11.6 Å². The molecule has 1 unspecified atom stereocenters. The van der Waals surface area contributed by atoms with E-state index in [0.717, 1.165) is 11.3 Å². The maximum Gasteiger partial charge on any atom is 0.252 e. The zero-order chi connectivity index (χ0) is 19.9. The predicted octanol–water partition coefficient (Wildman–Crippen LogP) is 5.60. The molecule has 5 nitrogen and oxygen atoms in total. The number of rotatable bonds is 7. The van der Waals surface area contributed by atoms with Crippen LogP contribution >= 0.6 is 23.4 Å². The second kappa shape index (κ2) is 9.57. The molecule has 0 saturated heterocycles. The molecule has 1 aromatic heterocycles. The zero-order valence-corrected chi connectivity index (χ0v) is 17.1. The summed E-state index contributed by atoms with van der Waals surface area (Å²) < 4.78 is 5.89. The highest BCUT2D eigenvalue weighted by atomic mass is 35.5. The first-order valence-corrected chi connectivity index (χ1v) is 10.1. The van der Waals surface area contributed by atoms with Gasteiger partial charge in [0.25, 0.3) is 11.8 Å². The van der Waals surface area contributed by atoms with Crippen LogP contribution in [0, 0.1) is 0 Å². The average molecular weight is 414 g/mol. The first-order valence-electron chi connectivity index (χ1n) is 8.88. The summed E-state index contributed by atoms with van der Waals surface area (Å²) >= 11 is 7.37. The highest BCUT2D eigenvalue weighted by molar-refractivity contribution is 7.99. The molecule has 7 heteroatoms. The van der Waals surface area contributed by atoms with E-state index >= 15 is 0 Å². The van der Waals surface area contributed by atoms with Crippen LogP contribution in [0.4, 0.5) is 0 Å². The van der Waals surface area contributed by atoms with E-state index in [-0.39, 0.29) is 11.9 Å². The smallest absolute Gasteiger partial charge is 0.252 e. The lowest BCUT2D eigenvalue weighted by molar-refractivity contribution is 0.0939. The lowest BCUT2D eigenvalue weighted by atomic mass is 10.2. The monoisotopic (exact) mass is 413 g/mol. The van der Waals surface area contributed by atoms with Gasteiger partial charge in [0.05, 0.1) is 0 Å². The number of hydrogen-bond acceptors (Lipinski definition) is 5. The van der Waals surface area contributed by atoms with Crippen LogP contribution in [0.2, 0.25) is 5.02 Å². The number of amides is 1. The van der Waals surface area contributed by atoms with Gasteiger partial charge in [-0.25, -0.2) is 9.97 Å². The summed E-state index contributed by atoms with van der Waals surface area (Å²) in [7, 11) is 0. The van der Waals surface area contributed by atoms with Gasteiger partial charge in [-0.2, -0.15) is 0 Å². The molecule has 0 bridgehead atoms. The number of aromatic nitrogens is 2. The molecule has 1 heterocycles. The highest BCUT2D eigenvalue weighted by Gasteiger charge is 2.12. The number of benzene rings is 2. The third kappa shape index (κ3) is 5.47. The number of nitrogens with one attached hydrogen (secondary N) is 1. The van der Waals surface area contributed by atoms with Gasteiger partial charge in [-0.3, -0.25) is 4.79 Å². The van der Waals surface area contributed by atoms with Gasteiger partial charge in [0.15, 0.2) is 5.03 Å². The summed E-state index contributed by atoms with van der Waals surface area (Å²) in [6.07, 6.45) is 4.08. The summed E-state index contributed by atoms with van der Waals surface area (Å²) in [6.45, 7) is 4.01. The van der Waals surface area contributed by atoms with Crippen LogP contribution in [-0.2, 0) is 0 Å². The Kier molecular flexibility index (Phi) is 6.90. The van der Waals surface area contributed by atoms with Crippen LogP contribution in [0.3, 0.4) is 0 Å². The van der Waals surface area contributed by atoms with E-state index < -0.39 is 0 Å². The van der Waals surface area contributed by atoms with Crippen molar-refractivity contribution in [1.82, 2.24) is 15.3 Å². The third-order valence-electron chi connectivity index (χ3n) is 3.98. The number of nitrogens with zero attached hydrogens (tertiary/aromatic N) is 2. The topological polar surface area (TPSA) is 64.1 Å². The SMILES string of the molecule is CCC(C)NC(=O)c1ccc(Oc2nccnc2Sc2ccc(Cl)cc2)cc1. The van der Waals surface area contributed by atoms with Gasteiger partial charge in [-0.05, 0) is 61.9 Å². The molecule has 3 aromatic rings. The minimum Gasteiger partial charge on any atom is -0.437 e. The maximum atomic E-state index is 12.2. The number of halogens is 1. The van der Waals surface area contributed by atoms with E-state index in [1.54, 1.807) is 36.7 Å². The Morgan fingerprint density at radius 1 is 1.11 bits per heavy atom. The summed E-state index contributed by atoms with van der Waals surface area (Å²) in [5.74, 6) is 0.886. The number of ether oxygens (including phenoxy) is 1. The Morgan fingerprint density at radius 3 is 2.46 bits per heavy atom. The van der Waals surface area contributed by atoms with E-state index in [1.807, 2.05) is 38.1 Å². The van der Waals surface area contributed by atoms with Crippen LogP contribution < -0.4 is 10.1 Å². The predicted molar refractivity (Wildman–Crippen MR) is 111 cm³/mol. The molecule has 1 amide bonds. The van der Waals surface area contributed by atoms with Gasteiger partial charge in [0.1, 0.15) is 5.75 Å². The van der Waals surface area contributed by atoms with Gasteiger partial charge < -0.3 is 10.1 Å². The lowest BCUT2D eigenvalue weighted by Gasteiger charge is -2.12. The average Bonchev–Trinajstić information content (AvgIpc) is 2.71. The minimum absolute atomic E-state index is 0.0978. The minimum atomic E-state index is -0.0978. The fourth-order valence-corrected chi connectivity index (χ4v) is 3.18. The molecule has 3 rings (SSSR count). The van der Waals surface area contributed by atoms with Crippen molar-refractivity contribution < 1.29 is 9.53 Å². The summed E-state index contributed by atoms with van der Waals surface area (Å²) in [4.78, 5) is 21.8. The van der Waals surface area contributed by atoms with Crippen molar-refractivity contribution in [2.24, 2.45) is 0 Å². The Bertz CT molecular complexity index is 933. The van der Waals surface area contributed by atoms with Crippen LogP contribution in [0.1, 0.15) is 30.6 Å². The number of hydrogen-bond donors (Lipinski definition) is 1. The van der Waals surface area contributed by atoms with Crippen molar-refractivity contribution >= 4 is 29.3 Å². The molecular weight excluding hydrogens is 394 g/mol. The Balaban J connectivity index is 1.71. The van der Waals surface area contributed by atoms with E-state index in [9.17, 15) is 4.79 Å². The van der Waals surface area contributed by atoms with E-state index in [0.29, 0.717) is 27.2 Å². The Hall–Kier alpha value is -2.57. The van der Waals surface area contributed by atoms with Gasteiger partial charge in [-0.15, -0.1) is 0 Å². The lowest BCUT2D eigenvalue weighted by Crippen LogP contribution is -2.31. The first kappa shape index (κ1) is 20.2. The van der Waals surface area contributed by atoms with Crippen molar-refractivity contribution in [3.05, 3.63) is 71.5 Å². The number of carbonyl (C=O) groups is 1. The zero-order valence-electron chi connectivity index (χ0n) is 15.6. The van der Waals surface area contributed by atoms with Gasteiger partial charge in [-0.1, -0.05) is 30.3 Å². The fourth-order valence-electron chi connectivity index (χ4n) is 2.26. The molecule has 2 aromatic carbocycles. The summed E-state index contributed by atoms with van der Waals surface area (Å²) in [6, 6.07) is 14.6. The maximum absolute atomic E-state index is 12.2. The van der Waals surface area contributed by atoms with E-state index in [1.165, 1.54) is 11.8 Å². The van der Waals surface area contributed by atoms with Crippen LogP contribution in [-0.4, -0.2) is 21.9 Å². The van der Waals surface area contributed by atoms with Gasteiger partial charge in [0.2, 0.25) is 0 Å². The van der Waals surface area contributed by atoms with Gasteiger partial charge >= 0.3 is 0 Å². The summed E-state index contributed by atoms with van der Waals surface area (Å²) in [5.41, 5.74) is 0.586. The number of carbonyl (C=O) groups excluding carboxylic acids is 1. The molecule has 0 aliphatic heterocycles. The van der Waals surface area contributed by atoms with Crippen molar-refractivity contribution in [3.63, 3.8) is 0 Å². The highest BCUT2D eigenvalue weighted by Crippen LogP contribution is 2.34. The molecule has 28 heavy (non-hydrogen) atoms. The van der Waals surface area contributed by atoms with Crippen molar-refractivity contribution in [2.75, 3.05) is 0 Å². The second-order valence-corrected chi connectivity index (χ2v) is 7.63. The van der Waals surface area contributed by atoms with Gasteiger partial charge in [0, 0.05) is 33.9 Å². The molecule has 0 fully saturated rings. The third-order valence-corrected chi connectivity index (χ3v) is 5.22. The Labute approximate surface area is 173 Å². The Morgan fingerprint density at radius 2 is 1.79 bits per heavy atom. The molecule has 1 atom stereocenters. The molecular formula is C21H20ClN3O2S. The molecule has 1 N–H and O–H groups in total. The van der Waals surface area contributed by atoms with E-state index in [4.69, 9.17) is 16.3 Å². The van der Waals surface area contributed by atoms with Crippen molar-refractivity contribution in [2.45, 2.75) is 36.2 Å². The second-order valence-electron chi connectivity index (χ2n) is 6.13. The first-order chi connectivity index (χ1) is 13.5. The molecule has 144 valence electrons.